The van der Waals surface area contributed by atoms with Crippen LogP contribution in [0.1, 0.15) is 86.7 Å². The van der Waals surface area contributed by atoms with E-state index in [-0.39, 0.29) is 11.3 Å². The molecule has 0 bridgehead atoms. The summed E-state index contributed by atoms with van der Waals surface area (Å²) in [6.07, 6.45) is 10.6. The molecule has 2 aliphatic rings. The van der Waals surface area contributed by atoms with Crippen molar-refractivity contribution in [3.05, 3.63) is 53.2 Å². The molecule has 5 heteroatoms. The Balaban J connectivity index is 1.63. The number of carbonyl (C=O) groups excluding carboxylic acids is 1. The van der Waals surface area contributed by atoms with E-state index < -0.39 is 5.60 Å². The first kappa shape index (κ1) is 21.8. The lowest BCUT2D eigenvalue weighted by atomic mass is 9.56. The van der Waals surface area contributed by atoms with Gasteiger partial charge in [-0.05, 0) is 98.1 Å². The van der Waals surface area contributed by atoms with E-state index in [1.54, 1.807) is 18.3 Å². The highest BCUT2D eigenvalue weighted by molar-refractivity contribution is 6.05. The minimum Gasteiger partial charge on any atom is -0.390 e. The summed E-state index contributed by atoms with van der Waals surface area (Å²) in [5.41, 5.74) is 9.36. The number of fused-ring (bicyclic) bond motifs is 3. The monoisotopic (exact) mass is 421 g/mol. The van der Waals surface area contributed by atoms with Gasteiger partial charge in [0.15, 0.2) is 0 Å². The van der Waals surface area contributed by atoms with E-state index in [4.69, 9.17) is 5.73 Å². The number of hydrogen-bond donors (Lipinski definition) is 3. The fourth-order valence-corrected chi connectivity index (χ4v) is 6.18. The zero-order valence-electron chi connectivity index (χ0n) is 18.8. The van der Waals surface area contributed by atoms with Crippen LogP contribution in [-0.2, 0) is 11.8 Å². The van der Waals surface area contributed by atoms with Gasteiger partial charge < -0.3 is 16.2 Å². The predicted octanol–water partition coefficient (Wildman–Crippen LogP) is 5.23. The van der Waals surface area contributed by atoms with Gasteiger partial charge in [0, 0.05) is 11.8 Å². The van der Waals surface area contributed by atoms with Crippen LogP contribution in [0.4, 0.5) is 11.5 Å². The number of nitrogen functional groups attached to an aromatic ring is 1. The van der Waals surface area contributed by atoms with Crippen LogP contribution in [0.15, 0.2) is 36.5 Å². The summed E-state index contributed by atoms with van der Waals surface area (Å²) in [6.45, 7) is 4.45. The molecule has 3 atom stereocenters. The van der Waals surface area contributed by atoms with Gasteiger partial charge in [-0.25, -0.2) is 4.98 Å². The van der Waals surface area contributed by atoms with Crippen molar-refractivity contribution in [1.29, 1.82) is 0 Å². The maximum Gasteiger partial charge on any atom is 0.255 e. The lowest BCUT2D eigenvalue weighted by molar-refractivity contribution is -0.0542. The van der Waals surface area contributed by atoms with E-state index in [1.165, 1.54) is 11.1 Å². The number of aryl methyl sites for hydroxylation is 1. The number of carbonyl (C=O) groups is 1. The molecule has 0 saturated heterocycles. The minimum atomic E-state index is -0.508. The minimum absolute atomic E-state index is 0.106. The summed E-state index contributed by atoms with van der Waals surface area (Å²) in [5, 5.41) is 14.1. The zero-order chi connectivity index (χ0) is 22.1. The first-order valence-corrected chi connectivity index (χ1v) is 11.8. The van der Waals surface area contributed by atoms with Gasteiger partial charge in [0.1, 0.15) is 5.82 Å². The molecule has 31 heavy (non-hydrogen) atoms. The van der Waals surface area contributed by atoms with Crippen molar-refractivity contribution >= 4 is 17.4 Å². The second-order valence-electron chi connectivity index (χ2n) is 9.54. The molecule has 1 fully saturated rings. The van der Waals surface area contributed by atoms with Gasteiger partial charge in [-0.2, -0.15) is 0 Å². The van der Waals surface area contributed by atoms with Crippen LogP contribution in [-0.4, -0.2) is 21.6 Å². The molecule has 1 aromatic carbocycles. The number of benzene rings is 1. The van der Waals surface area contributed by atoms with Crippen molar-refractivity contribution in [2.45, 2.75) is 82.7 Å². The highest BCUT2D eigenvalue weighted by Crippen LogP contribution is 2.54. The van der Waals surface area contributed by atoms with Gasteiger partial charge in [0.25, 0.3) is 5.91 Å². The lowest BCUT2D eigenvalue weighted by Gasteiger charge is -2.50. The third-order valence-corrected chi connectivity index (χ3v) is 7.78. The Kier molecular flexibility index (Phi) is 6.07. The maximum absolute atomic E-state index is 12.9. The Hall–Kier alpha value is -2.40. The number of nitrogens with one attached hydrogen (secondary N) is 1. The summed E-state index contributed by atoms with van der Waals surface area (Å²) >= 11 is 0. The number of hydrogen-bond acceptors (Lipinski definition) is 4. The molecule has 1 aromatic heterocycles. The summed E-state index contributed by atoms with van der Waals surface area (Å²) in [6, 6.07) is 9.73. The SMILES string of the molecule is CCC[C@@]1(O)CC[C@@]2(CC)c3ccc(C(=O)Nc4cccnc4N)cc3CCC[C@H]2C1. The molecule has 5 nitrogen and oxygen atoms in total. The third kappa shape index (κ3) is 4.08. The topological polar surface area (TPSA) is 88.2 Å². The van der Waals surface area contributed by atoms with Gasteiger partial charge >= 0.3 is 0 Å². The standard InChI is InChI=1S/C26H35N3O2/c1-3-12-25(31)13-14-26(4-2)20(17-25)8-5-7-18-16-19(10-11-21(18)26)24(30)29-22-9-6-15-28-23(22)27/h6,9-11,15-16,20,31H,3-5,7-8,12-14,17H2,1-2H3,(H2,27,28)(H,29,30)/t20-,25+,26+/m0/s1. The van der Waals surface area contributed by atoms with Crippen molar-refractivity contribution in [3.63, 3.8) is 0 Å². The van der Waals surface area contributed by atoms with Crippen LogP contribution in [0.25, 0.3) is 0 Å². The van der Waals surface area contributed by atoms with Crippen LogP contribution < -0.4 is 11.1 Å². The molecule has 4 rings (SSSR count). The van der Waals surface area contributed by atoms with Gasteiger partial charge in [-0.15, -0.1) is 0 Å². The molecule has 166 valence electrons. The quantitative estimate of drug-likeness (QED) is 0.617. The van der Waals surface area contributed by atoms with Crippen molar-refractivity contribution in [3.8, 4) is 0 Å². The van der Waals surface area contributed by atoms with E-state index >= 15 is 0 Å². The van der Waals surface area contributed by atoms with E-state index in [0.29, 0.717) is 23.0 Å². The Bertz CT molecular complexity index is 959. The summed E-state index contributed by atoms with van der Waals surface area (Å²) in [7, 11) is 0. The number of nitrogens with zero attached hydrogens (tertiary/aromatic N) is 1. The van der Waals surface area contributed by atoms with E-state index in [1.807, 2.05) is 6.07 Å². The van der Waals surface area contributed by atoms with Gasteiger partial charge in [-0.3, -0.25) is 4.79 Å². The summed E-state index contributed by atoms with van der Waals surface area (Å²) < 4.78 is 0. The average molecular weight is 422 g/mol. The molecule has 2 aliphatic carbocycles. The Labute approximate surface area is 185 Å². The number of nitrogens with two attached hydrogens (primary N) is 1. The number of anilines is 2. The molecule has 0 radical (unpaired) electrons. The molecule has 0 aliphatic heterocycles. The predicted molar refractivity (Wildman–Crippen MR) is 125 cm³/mol. The summed E-state index contributed by atoms with van der Waals surface area (Å²) in [5.74, 6) is 0.661. The first-order valence-electron chi connectivity index (χ1n) is 11.8. The fraction of sp³-hybridized carbons (Fsp3) is 0.538. The zero-order valence-corrected chi connectivity index (χ0v) is 18.8. The van der Waals surface area contributed by atoms with Crippen molar-refractivity contribution in [2.24, 2.45) is 5.92 Å². The molecule has 1 saturated carbocycles. The molecular weight excluding hydrogens is 386 g/mol. The molecular formula is C26H35N3O2. The van der Waals surface area contributed by atoms with Crippen molar-refractivity contribution < 1.29 is 9.90 Å². The second-order valence-corrected chi connectivity index (χ2v) is 9.54. The Morgan fingerprint density at radius 3 is 2.87 bits per heavy atom. The Morgan fingerprint density at radius 1 is 1.29 bits per heavy atom. The second kappa shape index (κ2) is 8.62. The van der Waals surface area contributed by atoms with Crippen LogP contribution >= 0.6 is 0 Å². The van der Waals surface area contributed by atoms with Crippen LogP contribution in [0.5, 0.6) is 0 Å². The fourth-order valence-electron chi connectivity index (χ4n) is 6.18. The highest BCUT2D eigenvalue weighted by atomic mass is 16.3. The van der Waals surface area contributed by atoms with Gasteiger partial charge in [-0.1, -0.05) is 26.3 Å². The normalized spacial score (nSPS) is 27.6. The van der Waals surface area contributed by atoms with Gasteiger partial charge in [0.2, 0.25) is 0 Å². The first-order chi connectivity index (χ1) is 14.9. The molecule has 0 spiro atoms. The lowest BCUT2D eigenvalue weighted by Crippen LogP contribution is -2.47. The van der Waals surface area contributed by atoms with Crippen LogP contribution in [0.3, 0.4) is 0 Å². The third-order valence-electron chi connectivity index (χ3n) is 7.78. The van der Waals surface area contributed by atoms with Gasteiger partial charge in [0.05, 0.1) is 11.3 Å². The van der Waals surface area contributed by atoms with E-state index in [0.717, 1.165) is 57.8 Å². The Morgan fingerprint density at radius 2 is 2.13 bits per heavy atom. The van der Waals surface area contributed by atoms with Crippen LogP contribution in [0.2, 0.25) is 0 Å². The largest absolute Gasteiger partial charge is 0.390 e. The average Bonchev–Trinajstić information content (AvgIpc) is 2.91. The molecule has 1 heterocycles. The van der Waals surface area contributed by atoms with Crippen LogP contribution in [0, 0.1) is 5.92 Å². The van der Waals surface area contributed by atoms with E-state index in [2.05, 4.69) is 36.3 Å². The molecule has 2 aromatic rings. The molecule has 1 amide bonds. The van der Waals surface area contributed by atoms with Crippen molar-refractivity contribution in [1.82, 2.24) is 4.98 Å². The summed E-state index contributed by atoms with van der Waals surface area (Å²) in [4.78, 5) is 16.9. The smallest absolute Gasteiger partial charge is 0.255 e. The number of rotatable bonds is 5. The number of amides is 1. The molecule has 4 N–H and O–H groups in total. The van der Waals surface area contributed by atoms with Crippen molar-refractivity contribution in [2.75, 3.05) is 11.1 Å². The highest BCUT2D eigenvalue weighted by Gasteiger charge is 2.49. The number of aliphatic hydroxyl groups is 1. The molecule has 0 unspecified atom stereocenters. The number of pyridine rings is 1. The maximum atomic E-state index is 12.9. The number of aromatic nitrogens is 1. The van der Waals surface area contributed by atoms with E-state index in [9.17, 15) is 9.90 Å².